The average molecular weight is 337 g/mol. The zero-order valence-corrected chi connectivity index (χ0v) is 13.4. The van der Waals surface area contributed by atoms with E-state index in [2.05, 4.69) is 5.32 Å². The zero-order valence-electron chi connectivity index (χ0n) is 13.4. The lowest BCUT2D eigenvalue weighted by Gasteiger charge is -2.17. The van der Waals surface area contributed by atoms with Gasteiger partial charge in [0.2, 0.25) is 0 Å². The molecule has 0 spiro atoms. The Morgan fingerprint density at radius 2 is 1.88 bits per heavy atom. The van der Waals surface area contributed by atoms with Gasteiger partial charge >= 0.3 is 6.18 Å². The zero-order chi connectivity index (χ0) is 17.7. The van der Waals surface area contributed by atoms with E-state index in [0.717, 1.165) is 12.1 Å². The molecule has 3 nitrogen and oxygen atoms in total. The van der Waals surface area contributed by atoms with Crippen molar-refractivity contribution < 1.29 is 22.7 Å². The fraction of sp³-hybridized carbons (Fsp3) is 0.278. The third-order valence-electron chi connectivity index (χ3n) is 3.49. The first-order chi connectivity index (χ1) is 11.3. The summed E-state index contributed by atoms with van der Waals surface area (Å²) in [6, 6.07) is 11.1. The molecule has 6 heteroatoms. The molecule has 1 atom stereocenters. The SMILES string of the molecule is CCOc1ccccc1C(=O)N[C@H](C)c1cccc(C(F)(F)F)c1. The van der Waals surface area contributed by atoms with Crippen LogP contribution in [-0.4, -0.2) is 12.5 Å². The smallest absolute Gasteiger partial charge is 0.416 e. The Bertz CT molecular complexity index is 713. The van der Waals surface area contributed by atoms with E-state index in [4.69, 9.17) is 4.74 Å². The first-order valence-corrected chi connectivity index (χ1v) is 7.52. The Hall–Kier alpha value is -2.50. The molecule has 0 saturated heterocycles. The minimum atomic E-state index is -4.42. The number of hydrogen-bond acceptors (Lipinski definition) is 2. The normalized spacial score (nSPS) is 12.5. The lowest BCUT2D eigenvalue weighted by molar-refractivity contribution is -0.137. The van der Waals surface area contributed by atoms with Gasteiger partial charge in [-0.25, -0.2) is 0 Å². The fourth-order valence-corrected chi connectivity index (χ4v) is 2.28. The molecular weight excluding hydrogens is 319 g/mol. The van der Waals surface area contributed by atoms with Crippen LogP contribution in [0.2, 0.25) is 0 Å². The predicted molar refractivity (Wildman–Crippen MR) is 84.9 cm³/mol. The first-order valence-electron chi connectivity index (χ1n) is 7.52. The number of nitrogens with one attached hydrogen (secondary N) is 1. The van der Waals surface area contributed by atoms with Crippen molar-refractivity contribution in [2.24, 2.45) is 0 Å². The molecular formula is C18H18F3NO2. The number of hydrogen-bond donors (Lipinski definition) is 1. The highest BCUT2D eigenvalue weighted by molar-refractivity contribution is 5.97. The Labute approximate surface area is 138 Å². The van der Waals surface area contributed by atoms with Crippen molar-refractivity contribution in [2.75, 3.05) is 6.61 Å². The van der Waals surface area contributed by atoms with Crippen LogP contribution in [0.15, 0.2) is 48.5 Å². The number of ether oxygens (including phenoxy) is 1. The Morgan fingerprint density at radius 3 is 2.54 bits per heavy atom. The van der Waals surface area contributed by atoms with E-state index in [1.54, 1.807) is 44.2 Å². The van der Waals surface area contributed by atoms with Gasteiger partial charge in [-0.3, -0.25) is 4.79 Å². The van der Waals surface area contributed by atoms with E-state index in [1.807, 2.05) is 0 Å². The van der Waals surface area contributed by atoms with E-state index in [-0.39, 0.29) is 0 Å². The third kappa shape index (κ3) is 4.28. The molecule has 2 rings (SSSR count). The van der Waals surface area contributed by atoms with Crippen molar-refractivity contribution in [1.82, 2.24) is 5.32 Å². The lowest BCUT2D eigenvalue weighted by Crippen LogP contribution is -2.27. The Kier molecular flexibility index (Phi) is 5.49. The van der Waals surface area contributed by atoms with Gasteiger partial charge in [0.15, 0.2) is 0 Å². The maximum absolute atomic E-state index is 12.8. The number of halogens is 3. The van der Waals surface area contributed by atoms with Gasteiger partial charge < -0.3 is 10.1 Å². The minimum Gasteiger partial charge on any atom is -0.493 e. The maximum Gasteiger partial charge on any atom is 0.416 e. The fourth-order valence-electron chi connectivity index (χ4n) is 2.28. The monoisotopic (exact) mass is 337 g/mol. The molecule has 0 aliphatic carbocycles. The maximum atomic E-state index is 12.8. The Balaban J connectivity index is 2.18. The van der Waals surface area contributed by atoms with Gasteiger partial charge in [-0.2, -0.15) is 13.2 Å². The van der Waals surface area contributed by atoms with E-state index in [0.29, 0.717) is 23.5 Å². The lowest BCUT2D eigenvalue weighted by atomic mass is 10.0. The van der Waals surface area contributed by atoms with Crippen LogP contribution in [0.1, 0.15) is 41.4 Å². The number of carbonyl (C=O) groups excluding carboxylic acids is 1. The molecule has 0 aliphatic heterocycles. The van der Waals surface area contributed by atoms with Gasteiger partial charge in [-0.15, -0.1) is 0 Å². The van der Waals surface area contributed by atoms with Crippen LogP contribution in [0, 0.1) is 0 Å². The largest absolute Gasteiger partial charge is 0.493 e. The summed E-state index contributed by atoms with van der Waals surface area (Å²) < 4.78 is 43.8. The molecule has 0 aliphatic rings. The van der Waals surface area contributed by atoms with E-state index >= 15 is 0 Å². The molecule has 2 aromatic rings. The van der Waals surface area contributed by atoms with Crippen LogP contribution in [0.5, 0.6) is 5.75 Å². The molecule has 0 bridgehead atoms. The molecule has 2 aromatic carbocycles. The Morgan fingerprint density at radius 1 is 1.17 bits per heavy atom. The van der Waals surface area contributed by atoms with Crippen LogP contribution in [0.3, 0.4) is 0 Å². The number of alkyl halides is 3. The molecule has 0 radical (unpaired) electrons. The van der Waals surface area contributed by atoms with Gasteiger partial charge in [0.05, 0.1) is 23.8 Å². The number of para-hydroxylation sites is 1. The minimum absolute atomic E-state index is 0.346. The van der Waals surface area contributed by atoms with Crippen molar-refractivity contribution in [3.63, 3.8) is 0 Å². The van der Waals surface area contributed by atoms with E-state index in [9.17, 15) is 18.0 Å². The highest BCUT2D eigenvalue weighted by Gasteiger charge is 2.30. The number of rotatable bonds is 5. The second-order valence-corrected chi connectivity index (χ2v) is 5.25. The van der Waals surface area contributed by atoms with Crippen LogP contribution in [0.25, 0.3) is 0 Å². The summed E-state index contributed by atoms with van der Waals surface area (Å²) in [6.45, 7) is 3.85. The average Bonchev–Trinajstić information content (AvgIpc) is 2.55. The van der Waals surface area contributed by atoms with Crippen LogP contribution >= 0.6 is 0 Å². The second-order valence-electron chi connectivity index (χ2n) is 5.25. The van der Waals surface area contributed by atoms with Crippen LogP contribution in [-0.2, 0) is 6.18 Å². The quantitative estimate of drug-likeness (QED) is 0.866. The van der Waals surface area contributed by atoms with Gasteiger partial charge in [0, 0.05) is 0 Å². The summed E-state index contributed by atoms with van der Waals surface area (Å²) in [5.74, 6) is 0.0395. The molecule has 0 saturated carbocycles. The molecule has 0 fully saturated rings. The predicted octanol–water partition coefficient (Wildman–Crippen LogP) is 4.60. The van der Waals surface area contributed by atoms with Gasteiger partial charge in [-0.05, 0) is 43.7 Å². The van der Waals surface area contributed by atoms with Crippen molar-refractivity contribution in [3.8, 4) is 5.75 Å². The topological polar surface area (TPSA) is 38.3 Å². The van der Waals surface area contributed by atoms with E-state index in [1.165, 1.54) is 6.07 Å². The summed E-state index contributed by atoms with van der Waals surface area (Å²) in [4.78, 5) is 12.4. The van der Waals surface area contributed by atoms with Crippen molar-refractivity contribution in [2.45, 2.75) is 26.1 Å². The van der Waals surface area contributed by atoms with Crippen LogP contribution in [0.4, 0.5) is 13.2 Å². The second kappa shape index (κ2) is 7.38. The molecule has 1 amide bonds. The van der Waals surface area contributed by atoms with Crippen molar-refractivity contribution in [3.05, 3.63) is 65.2 Å². The summed E-state index contributed by atoms with van der Waals surface area (Å²) in [5, 5.41) is 2.70. The van der Waals surface area contributed by atoms with Gasteiger partial charge in [0.25, 0.3) is 5.91 Å². The molecule has 24 heavy (non-hydrogen) atoms. The summed E-state index contributed by atoms with van der Waals surface area (Å²) in [7, 11) is 0. The van der Waals surface area contributed by atoms with E-state index < -0.39 is 23.7 Å². The van der Waals surface area contributed by atoms with Gasteiger partial charge in [0.1, 0.15) is 5.75 Å². The number of amides is 1. The van der Waals surface area contributed by atoms with Crippen molar-refractivity contribution >= 4 is 5.91 Å². The standard InChI is InChI=1S/C18H18F3NO2/c1-3-24-16-10-5-4-9-15(16)17(23)22-12(2)13-7-6-8-14(11-13)18(19,20)21/h4-12H,3H2,1-2H3,(H,22,23)/t12-/m1/s1. The third-order valence-corrected chi connectivity index (χ3v) is 3.49. The molecule has 1 N–H and O–H groups in total. The first kappa shape index (κ1) is 17.8. The molecule has 0 aromatic heterocycles. The van der Waals surface area contributed by atoms with Crippen LogP contribution < -0.4 is 10.1 Å². The summed E-state index contributed by atoms with van der Waals surface area (Å²) in [5.41, 5.74) is -0.0129. The number of carbonyl (C=O) groups is 1. The van der Waals surface area contributed by atoms with Crippen molar-refractivity contribution in [1.29, 1.82) is 0 Å². The highest BCUT2D eigenvalue weighted by atomic mass is 19.4. The summed E-state index contributed by atoms with van der Waals surface area (Å²) in [6.07, 6.45) is -4.42. The van der Waals surface area contributed by atoms with Gasteiger partial charge in [-0.1, -0.05) is 24.3 Å². The summed E-state index contributed by atoms with van der Waals surface area (Å²) >= 11 is 0. The molecule has 0 unspecified atom stereocenters. The number of benzene rings is 2. The molecule has 128 valence electrons. The highest BCUT2D eigenvalue weighted by Crippen LogP contribution is 2.30. The molecule has 0 heterocycles.